The summed E-state index contributed by atoms with van der Waals surface area (Å²) in [5.41, 5.74) is 6.17. The van der Waals surface area contributed by atoms with Crippen LogP contribution in [0.5, 0.6) is 0 Å². The summed E-state index contributed by atoms with van der Waals surface area (Å²) < 4.78 is 45.5. The highest BCUT2D eigenvalue weighted by molar-refractivity contribution is 5.15. The topological polar surface area (TPSA) is 48.4 Å². The second-order valence-electron chi connectivity index (χ2n) is 3.34. The molecule has 1 aromatic heterocycles. The number of alkyl halides is 3. The Kier molecular flexibility index (Phi) is 4.82. The molecule has 0 aromatic carbocycles. The molecule has 0 saturated heterocycles. The Morgan fingerprint density at radius 3 is 2.75 bits per heavy atom. The lowest BCUT2D eigenvalue weighted by molar-refractivity contribution is -0.138. The molecule has 0 radical (unpaired) electrons. The largest absolute Gasteiger partial charge is 0.468 e. The van der Waals surface area contributed by atoms with Gasteiger partial charge < -0.3 is 14.9 Å². The summed E-state index contributed by atoms with van der Waals surface area (Å²) in [5, 5.41) is 0. The molecule has 1 aromatic rings. The zero-order valence-corrected chi connectivity index (χ0v) is 8.72. The van der Waals surface area contributed by atoms with Gasteiger partial charge in [-0.1, -0.05) is 0 Å². The molecule has 1 rings (SSSR count). The van der Waals surface area contributed by atoms with Crippen LogP contribution in [0.25, 0.3) is 0 Å². The lowest BCUT2D eigenvalue weighted by atomic mass is 10.2. The first-order chi connectivity index (χ1) is 7.53. The van der Waals surface area contributed by atoms with Crippen LogP contribution in [0.1, 0.15) is 24.2 Å². The minimum Gasteiger partial charge on any atom is -0.468 e. The van der Waals surface area contributed by atoms with E-state index in [1.54, 1.807) is 6.07 Å². The van der Waals surface area contributed by atoms with Crippen molar-refractivity contribution < 1.29 is 22.3 Å². The van der Waals surface area contributed by atoms with E-state index in [0.29, 0.717) is 5.76 Å². The van der Waals surface area contributed by atoms with Crippen molar-refractivity contribution >= 4 is 0 Å². The van der Waals surface area contributed by atoms with Crippen molar-refractivity contribution in [2.45, 2.75) is 32.2 Å². The number of ether oxygens (including phenoxy) is 1. The number of halogens is 3. The van der Waals surface area contributed by atoms with E-state index in [9.17, 15) is 13.2 Å². The normalized spacial score (nSPS) is 12.0. The maximum Gasteiger partial charge on any atom is 0.389 e. The fourth-order valence-electron chi connectivity index (χ4n) is 1.23. The first kappa shape index (κ1) is 13.1. The Bertz CT molecular complexity index is 309. The van der Waals surface area contributed by atoms with Gasteiger partial charge in [-0.2, -0.15) is 13.2 Å². The quantitative estimate of drug-likeness (QED) is 0.773. The van der Waals surface area contributed by atoms with Crippen LogP contribution in [-0.2, 0) is 17.9 Å². The summed E-state index contributed by atoms with van der Waals surface area (Å²) >= 11 is 0. The van der Waals surface area contributed by atoms with Gasteiger partial charge in [0.1, 0.15) is 5.76 Å². The highest BCUT2D eigenvalue weighted by Gasteiger charge is 2.25. The molecule has 0 unspecified atom stereocenters. The third-order valence-corrected chi connectivity index (χ3v) is 2.03. The smallest absolute Gasteiger partial charge is 0.389 e. The zero-order chi connectivity index (χ0) is 12.0. The maximum absolute atomic E-state index is 11.8. The lowest BCUT2D eigenvalue weighted by Gasteiger charge is -2.06. The van der Waals surface area contributed by atoms with Crippen molar-refractivity contribution in [2.24, 2.45) is 5.73 Å². The van der Waals surface area contributed by atoms with Crippen LogP contribution >= 0.6 is 0 Å². The summed E-state index contributed by atoms with van der Waals surface area (Å²) in [6.45, 7) is 0.573. The monoisotopic (exact) mass is 237 g/mol. The molecular formula is C10H14F3NO2. The number of hydrogen-bond acceptors (Lipinski definition) is 3. The summed E-state index contributed by atoms with van der Waals surface area (Å²) in [7, 11) is 0. The second kappa shape index (κ2) is 5.91. The van der Waals surface area contributed by atoms with Gasteiger partial charge in [0.25, 0.3) is 0 Å². The van der Waals surface area contributed by atoms with Crippen LogP contribution in [0.2, 0.25) is 0 Å². The molecule has 0 amide bonds. The third-order valence-electron chi connectivity index (χ3n) is 2.03. The van der Waals surface area contributed by atoms with Gasteiger partial charge in [0.15, 0.2) is 0 Å². The van der Waals surface area contributed by atoms with E-state index in [1.165, 1.54) is 6.26 Å². The highest BCUT2D eigenvalue weighted by Crippen LogP contribution is 2.21. The van der Waals surface area contributed by atoms with Crippen molar-refractivity contribution in [1.29, 1.82) is 0 Å². The Morgan fingerprint density at radius 2 is 2.12 bits per heavy atom. The minimum absolute atomic E-state index is 0.0285. The molecule has 0 fully saturated rings. The predicted molar refractivity (Wildman–Crippen MR) is 51.5 cm³/mol. The first-order valence-corrected chi connectivity index (χ1v) is 4.93. The molecule has 0 saturated carbocycles. The van der Waals surface area contributed by atoms with Gasteiger partial charge in [-0.05, 0) is 12.5 Å². The molecule has 0 aliphatic rings. The van der Waals surface area contributed by atoms with Crippen molar-refractivity contribution in [2.75, 3.05) is 6.61 Å². The first-order valence-electron chi connectivity index (χ1n) is 4.93. The molecule has 0 atom stereocenters. The molecule has 0 aliphatic carbocycles. The van der Waals surface area contributed by atoms with Crippen LogP contribution in [0.4, 0.5) is 13.2 Å². The number of nitrogens with two attached hydrogens (primary N) is 1. The second-order valence-corrected chi connectivity index (χ2v) is 3.34. The Morgan fingerprint density at radius 1 is 1.38 bits per heavy atom. The average Bonchev–Trinajstić information content (AvgIpc) is 2.63. The summed E-state index contributed by atoms with van der Waals surface area (Å²) in [6, 6.07) is 1.70. The molecule has 0 spiro atoms. The molecule has 0 bridgehead atoms. The van der Waals surface area contributed by atoms with Crippen LogP contribution in [0, 0.1) is 0 Å². The minimum atomic E-state index is -4.11. The van der Waals surface area contributed by atoms with Crippen LogP contribution < -0.4 is 5.73 Å². The number of rotatable bonds is 6. The molecule has 0 aliphatic heterocycles. The molecule has 1 heterocycles. The van der Waals surface area contributed by atoms with Gasteiger partial charge in [0.2, 0.25) is 0 Å². The Hall–Kier alpha value is -1.01. The van der Waals surface area contributed by atoms with E-state index >= 15 is 0 Å². The fourth-order valence-corrected chi connectivity index (χ4v) is 1.23. The Labute approximate surface area is 91.4 Å². The number of furan rings is 1. The van der Waals surface area contributed by atoms with E-state index in [4.69, 9.17) is 14.9 Å². The van der Waals surface area contributed by atoms with E-state index < -0.39 is 12.6 Å². The predicted octanol–water partition coefficient (Wildman–Crippen LogP) is 2.60. The van der Waals surface area contributed by atoms with Gasteiger partial charge in [0.05, 0.1) is 19.4 Å². The standard InChI is InChI=1S/C10H14F3NO2/c11-10(12,13)3-1-4-15-7-8-2-5-16-9(8)6-14/h2,5H,1,3-4,6-7,14H2. The van der Waals surface area contributed by atoms with E-state index in [-0.39, 0.29) is 26.2 Å². The molecule has 92 valence electrons. The van der Waals surface area contributed by atoms with Crippen LogP contribution in [0.3, 0.4) is 0 Å². The lowest BCUT2D eigenvalue weighted by Crippen LogP contribution is -2.09. The Balaban J connectivity index is 2.16. The summed E-state index contributed by atoms with van der Waals surface area (Å²) in [4.78, 5) is 0. The van der Waals surface area contributed by atoms with E-state index in [2.05, 4.69) is 0 Å². The van der Waals surface area contributed by atoms with Crippen molar-refractivity contribution in [1.82, 2.24) is 0 Å². The van der Waals surface area contributed by atoms with Gasteiger partial charge in [0, 0.05) is 18.6 Å². The van der Waals surface area contributed by atoms with Gasteiger partial charge in [-0.25, -0.2) is 0 Å². The van der Waals surface area contributed by atoms with Crippen molar-refractivity contribution in [3.8, 4) is 0 Å². The highest BCUT2D eigenvalue weighted by atomic mass is 19.4. The summed E-state index contributed by atoms with van der Waals surface area (Å²) in [6.07, 6.45) is -3.47. The SMILES string of the molecule is NCc1occc1COCCCC(F)(F)F. The van der Waals surface area contributed by atoms with Gasteiger partial charge in [-0.3, -0.25) is 0 Å². The molecule has 3 nitrogen and oxygen atoms in total. The van der Waals surface area contributed by atoms with Gasteiger partial charge in [-0.15, -0.1) is 0 Å². The number of hydrogen-bond donors (Lipinski definition) is 1. The maximum atomic E-state index is 11.8. The van der Waals surface area contributed by atoms with E-state index in [1.807, 2.05) is 0 Å². The van der Waals surface area contributed by atoms with Gasteiger partial charge >= 0.3 is 6.18 Å². The average molecular weight is 237 g/mol. The zero-order valence-electron chi connectivity index (χ0n) is 8.72. The van der Waals surface area contributed by atoms with Crippen LogP contribution in [-0.4, -0.2) is 12.8 Å². The third kappa shape index (κ3) is 4.67. The van der Waals surface area contributed by atoms with E-state index in [0.717, 1.165) is 5.56 Å². The molecule has 16 heavy (non-hydrogen) atoms. The molecule has 2 N–H and O–H groups in total. The summed E-state index contributed by atoms with van der Waals surface area (Å²) in [5.74, 6) is 0.607. The molecular weight excluding hydrogens is 223 g/mol. The van der Waals surface area contributed by atoms with Crippen molar-refractivity contribution in [3.63, 3.8) is 0 Å². The molecule has 6 heteroatoms. The fraction of sp³-hybridized carbons (Fsp3) is 0.600. The van der Waals surface area contributed by atoms with Crippen molar-refractivity contribution in [3.05, 3.63) is 23.7 Å². The van der Waals surface area contributed by atoms with Crippen LogP contribution in [0.15, 0.2) is 16.7 Å².